The lowest BCUT2D eigenvalue weighted by molar-refractivity contribution is -0.116. The van der Waals surface area contributed by atoms with Gasteiger partial charge < -0.3 is 9.88 Å². The van der Waals surface area contributed by atoms with Gasteiger partial charge in [0.15, 0.2) is 0 Å². The number of rotatable bonds is 5. The quantitative estimate of drug-likeness (QED) is 0.620. The van der Waals surface area contributed by atoms with Crippen LogP contribution < -0.4 is 10.9 Å². The van der Waals surface area contributed by atoms with Gasteiger partial charge in [0.1, 0.15) is 11.4 Å². The number of pyridine rings is 1. The van der Waals surface area contributed by atoms with Crippen LogP contribution in [-0.4, -0.2) is 18.9 Å². The molecule has 0 aliphatic rings. The van der Waals surface area contributed by atoms with Crippen LogP contribution in [0.1, 0.15) is 22.4 Å². The Balaban J connectivity index is 2.01. The SMILES string of the molecule is Cc1ccc(S(=O)(=O)c2c(C)cc(C)n(CC(=O)Nc3cc(Cl)ccc3C)c2=O)cc1. The van der Waals surface area contributed by atoms with Crippen LogP contribution in [0.2, 0.25) is 5.02 Å². The molecule has 6 nitrogen and oxygen atoms in total. The molecule has 1 heterocycles. The van der Waals surface area contributed by atoms with Gasteiger partial charge in [0.05, 0.1) is 4.90 Å². The molecule has 3 aromatic rings. The predicted octanol–water partition coefficient (Wildman–Crippen LogP) is 4.21. The van der Waals surface area contributed by atoms with E-state index in [2.05, 4.69) is 5.32 Å². The highest BCUT2D eigenvalue weighted by Crippen LogP contribution is 2.23. The van der Waals surface area contributed by atoms with Crippen molar-refractivity contribution in [2.45, 2.75) is 44.0 Å². The summed E-state index contributed by atoms with van der Waals surface area (Å²) in [5.74, 6) is -0.460. The fraction of sp³-hybridized carbons (Fsp3) is 0.217. The second kappa shape index (κ2) is 8.69. The Morgan fingerprint density at radius 2 is 1.61 bits per heavy atom. The van der Waals surface area contributed by atoms with Gasteiger partial charge in [-0.25, -0.2) is 8.42 Å². The van der Waals surface area contributed by atoms with Crippen molar-refractivity contribution in [3.63, 3.8) is 0 Å². The first-order chi connectivity index (χ1) is 14.5. The summed E-state index contributed by atoms with van der Waals surface area (Å²) >= 11 is 5.99. The molecule has 0 aliphatic heterocycles. The maximum atomic E-state index is 13.2. The molecule has 3 rings (SSSR count). The van der Waals surface area contributed by atoms with E-state index in [-0.39, 0.29) is 16.3 Å². The Morgan fingerprint density at radius 3 is 2.26 bits per heavy atom. The van der Waals surface area contributed by atoms with Gasteiger partial charge in [-0.3, -0.25) is 9.59 Å². The molecule has 0 saturated carbocycles. The molecule has 0 spiro atoms. The van der Waals surface area contributed by atoms with Crippen LogP contribution in [0.4, 0.5) is 5.69 Å². The van der Waals surface area contributed by atoms with Gasteiger partial charge in [-0.05, 0) is 69.2 Å². The number of carbonyl (C=O) groups excluding carboxylic acids is 1. The van der Waals surface area contributed by atoms with Gasteiger partial charge in [-0.2, -0.15) is 0 Å². The largest absolute Gasteiger partial charge is 0.324 e. The average molecular weight is 459 g/mol. The Labute approximate surface area is 186 Å². The maximum Gasteiger partial charge on any atom is 0.270 e. The van der Waals surface area contributed by atoms with Crippen molar-refractivity contribution in [3.05, 3.63) is 86.3 Å². The fourth-order valence-electron chi connectivity index (χ4n) is 3.33. The Hall–Kier alpha value is -2.90. The van der Waals surface area contributed by atoms with Crippen molar-refractivity contribution in [3.8, 4) is 0 Å². The standard InChI is InChI=1S/C23H23ClN2O4S/c1-14-5-9-19(10-6-14)31(29,30)22-16(3)11-17(4)26(23(22)28)13-21(27)25-20-12-18(24)8-7-15(20)2/h5-12H,13H2,1-4H3,(H,25,27). The summed E-state index contributed by atoms with van der Waals surface area (Å²) < 4.78 is 27.5. The van der Waals surface area contributed by atoms with Crippen molar-refractivity contribution >= 4 is 33.0 Å². The van der Waals surface area contributed by atoms with Crippen molar-refractivity contribution in [2.75, 3.05) is 5.32 Å². The number of hydrogen-bond acceptors (Lipinski definition) is 4. The molecule has 0 radical (unpaired) electrons. The number of anilines is 1. The molecule has 0 saturated heterocycles. The number of aromatic nitrogens is 1. The molecular weight excluding hydrogens is 436 g/mol. The van der Waals surface area contributed by atoms with Gasteiger partial charge in [0, 0.05) is 16.4 Å². The number of sulfone groups is 1. The van der Waals surface area contributed by atoms with E-state index in [4.69, 9.17) is 11.6 Å². The Morgan fingerprint density at radius 1 is 0.968 bits per heavy atom. The van der Waals surface area contributed by atoms with Gasteiger partial charge in [0.2, 0.25) is 15.7 Å². The fourth-order valence-corrected chi connectivity index (χ4v) is 5.05. The second-order valence-electron chi connectivity index (χ2n) is 7.51. The molecule has 0 unspecified atom stereocenters. The molecular formula is C23H23ClN2O4S. The van der Waals surface area contributed by atoms with E-state index >= 15 is 0 Å². The zero-order valence-corrected chi connectivity index (χ0v) is 19.3. The lowest BCUT2D eigenvalue weighted by Crippen LogP contribution is -2.33. The average Bonchev–Trinajstić information content (AvgIpc) is 2.68. The van der Waals surface area contributed by atoms with Crippen molar-refractivity contribution in [2.24, 2.45) is 0 Å². The summed E-state index contributed by atoms with van der Waals surface area (Å²) in [7, 11) is -4.05. The summed E-state index contributed by atoms with van der Waals surface area (Å²) in [6, 6.07) is 13.0. The first-order valence-corrected chi connectivity index (χ1v) is 11.5. The summed E-state index contributed by atoms with van der Waals surface area (Å²) in [5.41, 5.74) is 2.35. The summed E-state index contributed by atoms with van der Waals surface area (Å²) in [5, 5.41) is 3.20. The monoisotopic (exact) mass is 458 g/mol. The summed E-state index contributed by atoms with van der Waals surface area (Å²) in [6.45, 7) is 6.58. The van der Waals surface area contributed by atoms with Gasteiger partial charge >= 0.3 is 0 Å². The van der Waals surface area contributed by atoms with Crippen LogP contribution in [0, 0.1) is 27.7 Å². The number of nitrogens with zero attached hydrogens (tertiary/aromatic N) is 1. The third kappa shape index (κ3) is 4.73. The predicted molar refractivity (Wildman–Crippen MR) is 122 cm³/mol. The lowest BCUT2D eigenvalue weighted by Gasteiger charge is -2.15. The normalized spacial score (nSPS) is 11.4. The lowest BCUT2D eigenvalue weighted by atomic mass is 10.2. The molecule has 0 aliphatic carbocycles. The molecule has 0 fully saturated rings. The molecule has 31 heavy (non-hydrogen) atoms. The molecule has 2 aromatic carbocycles. The number of amides is 1. The third-order valence-corrected chi connectivity index (χ3v) is 7.19. The summed E-state index contributed by atoms with van der Waals surface area (Å²) in [4.78, 5) is 25.5. The van der Waals surface area contributed by atoms with Crippen LogP contribution in [0.3, 0.4) is 0 Å². The third-order valence-electron chi connectivity index (χ3n) is 5.02. The van der Waals surface area contributed by atoms with Crippen LogP contribution in [0.15, 0.2) is 63.1 Å². The number of carbonyl (C=O) groups is 1. The molecule has 1 amide bonds. The highest BCUT2D eigenvalue weighted by Gasteiger charge is 2.26. The van der Waals surface area contributed by atoms with Gasteiger partial charge in [-0.1, -0.05) is 35.4 Å². The molecule has 162 valence electrons. The molecule has 8 heteroatoms. The zero-order valence-electron chi connectivity index (χ0n) is 17.7. The van der Waals surface area contributed by atoms with Gasteiger partial charge in [-0.15, -0.1) is 0 Å². The smallest absolute Gasteiger partial charge is 0.270 e. The van der Waals surface area contributed by atoms with E-state index in [1.807, 2.05) is 13.8 Å². The highest BCUT2D eigenvalue weighted by molar-refractivity contribution is 7.91. The van der Waals surface area contributed by atoms with Crippen molar-refractivity contribution in [1.82, 2.24) is 4.57 Å². The Bertz CT molecular complexity index is 1330. The maximum absolute atomic E-state index is 13.2. The van der Waals surface area contributed by atoms with E-state index in [0.717, 1.165) is 11.1 Å². The first kappa shape index (κ1) is 22.8. The minimum Gasteiger partial charge on any atom is -0.324 e. The second-order valence-corrected chi connectivity index (χ2v) is 9.84. The first-order valence-electron chi connectivity index (χ1n) is 9.59. The highest BCUT2D eigenvalue weighted by atomic mass is 35.5. The minimum atomic E-state index is -4.05. The van der Waals surface area contributed by atoms with Crippen LogP contribution in [-0.2, 0) is 21.2 Å². The number of hydrogen-bond donors (Lipinski definition) is 1. The van der Waals surface area contributed by atoms with E-state index < -0.39 is 21.3 Å². The van der Waals surface area contributed by atoms with E-state index in [9.17, 15) is 18.0 Å². The summed E-state index contributed by atoms with van der Waals surface area (Å²) in [6.07, 6.45) is 0. The number of benzene rings is 2. The van der Waals surface area contributed by atoms with Crippen LogP contribution >= 0.6 is 11.6 Å². The molecule has 1 N–H and O–H groups in total. The molecule has 0 atom stereocenters. The van der Waals surface area contributed by atoms with Crippen molar-refractivity contribution in [1.29, 1.82) is 0 Å². The van der Waals surface area contributed by atoms with Crippen molar-refractivity contribution < 1.29 is 13.2 Å². The topological polar surface area (TPSA) is 85.2 Å². The Kier molecular flexibility index (Phi) is 6.38. The van der Waals surface area contributed by atoms with Gasteiger partial charge in [0.25, 0.3) is 5.56 Å². The van der Waals surface area contributed by atoms with E-state index in [1.165, 1.54) is 16.7 Å². The van der Waals surface area contributed by atoms with E-state index in [0.29, 0.717) is 22.0 Å². The minimum absolute atomic E-state index is 0.0349. The van der Waals surface area contributed by atoms with Crippen LogP contribution in [0.25, 0.3) is 0 Å². The molecule has 0 bridgehead atoms. The van der Waals surface area contributed by atoms with Crippen LogP contribution in [0.5, 0.6) is 0 Å². The zero-order chi connectivity index (χ0) is 22.9. The molecule has 1 aromatic heterocycles. The van der Waals surface area contributed by atoms with E-state index in [1.54, 1.807) is 50.2 Å². The number of nitrogens with one attached hydrogen (secondary N) is 1. The number of halogens is 1. The number of aryl methyl sites for hydroxylation is 4.